The molecule has 3 aromatic rings. The van der Waals surface area contributed by atoms with Crippen LogP contribution in [0.15, 0.2) is 28.9 Å². The van der Waals surface area contributed by atoms with Gasteiger partial charge in [0.1, 0.15) is 6.61 Å². The molecule has 0 atom stereocenters. The van der Waals surface area contributed by atoms with E-state index in [0.717, 1.165) is 38.2 Å². The van der Waals surface area contributed by atoms with Gasteiger partial charge in [0.25, 0.3) is 5.89 Å². The number of hydrogen-bond donors (Lipinski definition) is 1. The quantitative estimate of drug-likeness (QED) is 0.562. The second kappa shape index (κ2) is 10.2. The van der Waals surface area contributed by atoms with Crippen LogP contribution in [0.25, 0.3) is 11.3 Å². The van der Waals surface area contributed by atoms with E-state index < -0.39 is 0 Å². The minimum atomic E-state index is 0.283. The van der Waals surface area contributed by atoms with Gasteiger partial charge in [-0.05, 0) is 43.9 Å². The average Bonchev–Trinajstić information content (AvgIpc) is 3.41. The van der Waals surface area contributed by atoms with Crippen molar-refractivity contribution in [3.63, 3.8) is 0 Å². The Morgan fingerprint density at radius 3 is 2.81 bits per heavy atom. The molecule has 0 radical (unpaired) electrons. The van der Waals surface area contributed by atoms with Crippen LogP contribution in [0.5, 0.6) is 0 Å². The lowest BCUT2D eigenvalue weighted by atomic mass is 10.0. The van der Waals surface area contributed by atoms with E-state index in [1.807, 2.05) is 6.20 Å². The molecule has 1 aliphatic rings. The van der Waals surface area contributed by atoms with Crippen molar-refractivity contribution in [3.8, 4) is 11.3 Å². The molecular formula is C23H31N5O3. The van der Waals surface area contributed by atoms with E-state index in [0.29, 0.717) is 31.3 Å². The van der Waals surface area contributed by atoms with Crippen LogP contribution in [0.3, 0.4) is 0 Å². The summed E-state index contributed by atoms with van der Waals surface area (Å²) in [7, 11) is 1.61. The Labute approximate surface area is 182 Å². The fourth-order valence-electron chi connectivity index (χ4n) is 3.94. The summed E-state index contributed by atoms with van der Waals surface area (Å²) in [6.07, 6.45) is 4.94. The fraction of sp³-hybridized carbons (Fsp3) is 0.522. The molecule has 1 aliphatic heterocycles. The Hall–Kier alpha value is -2.55. The smallest absolute Gasteiger partial charge is 0.252 e. The molecule has 1 aromatic carbocycles. The zero-order chi connectivity index (χ0) is 21.6. The van der Waals surface area contributed by atoms with Crippen molar-refractivity contribution >= 4 is 0 Å². The number of hydrogen-bond acceptors (Lipinski definition) is 7. The fourth-order valence-corrected chi connectivity index (χ4v) is 3.94. The SMILES string of the molecule is COCc1nc(CCOC2CCN(Cc3cn[nH]c3-c3ccc(C)c(C)c3)CC2)no1. The first-order valence-electron chi connectivity index (χ1n) is 10.9. The maximum absolute atomic E-state index is 6.06. The van der Waals surface area contributed by atoms with Crippen LogP contribution in [0.2, 0.25) is 0 Å². The summed E-state index contributed by atoms with van der Waals surface area (Å²) in [6.45, 7) is 8.17. The molecule has 4 rings (SSSR count). The molecule has 0 spiro atoms. The lowest BCUT2D eigenvalue weighted by molar-refractivity contribution is 0.00679. The van der Waals surface area contributed by atoms with E-state index in [2.05, 4.69) is 57.3 Å². The van der Waals surface area contributed by atoms with Gasteiger partial charge < -0.3 is 14.0 Å². The lowest BCUT2D eigenvalue weighted by Crippen LogP contribution is -2.36. The van der Waals surface area contributed by atoms with Gasteiger partial charge in [-0.1, -0.05) is 17.3 Å². The number of nitrogens with zero attached hydrogens (tertiary/aromatic N) is 4. The molecule has 31 heavy (non-hydrogen) atoms. The normalized spacial score (nSPS) is 15.6. The number of likely N-dealkylation sites (tertiary alicyclic amines) is 1. The van der Waals surface area contributed by atoms with Crippen LogP contribution in [-0.4, -0.2) is 58.1 Å². The Morgan fingerprint density at radius 2 is 2.03 bits per heavy atom. The van der Waals surface area contributed by atoms with Crippen LogP contribution in [0.4, 0.5) is 0 Å². The van der Waals surface area contributed by atoms with Crippen molar-refractivity contribution in [2.24, 2.45) is 0 Å². The Bertz CT molecular complexity index is 975. The maximum Gasteiger partial charge on any atom is 0.252 e. The van der Waals surface area contributed by atoms with E-state index in [4.69, 9.17) is 14.0 Å². The first-order valence-corrected chi connectivity index (χ1v) is 10.9. The number of ether oxygens (including phenoxy) is 2. The largest absolute Gasteiger partial charge is 0.378 e. The minimum absolute atomic E-state index is 0.283. The number of H-pyrrole nitrogens is 1. The molecule has 8 heteroatoms. The second-order valence-electron chi connectivity index (χ2n) is 8.20. The molecule has 8 nitrogen and oxygen atoms in total. The number of nitrogens with one attached hydrogen (secondary N) is 1. The van der Waals surface area contributed by atoms with Crippen molar-refractivity contribution in [1.29, 1.82) is 0 Å². The molecule has 0 amide bonds. The minimum Gasteiger partial charge on any atom is -0.378 e. The molecule has 2 aromatic heterocycles. The van der Waals surface area contributed by atoms with Crippen molar-refractivity contribution in [1.82, 2.24) is 25.2 Å². The highest BCUT2D eigenvalue weighted by atomic mass is 16.5. The van der Waals surface area contributed by atoms with E-state index in [1.54, 1.807) is 7.11 Å². The molecule has 1 fully saturated rings. The Kier molecular flexibility index (Phi) is 7.11. The van der Waals surface area contributed by atoms with Gasteiger partial charge in [0.05, 0.1) is 24.6 Å². The third-order valence-corrected chi connectivity index (χ3v) is 5.90. The van der Waals surface area contributed by atoms with Crippen molar-refractivity contribution in [3.05, 3.63) is 52.8 Å². The van der Waals surface area contributed by atoms with Crippen LogP contribution in [0.1, 0.15) is 41.2 Å². The third kappa shape index (κ3) is 5.58. The summed E-state index contributed by atoms with van der Waals surface area (Å²) in [6, 6.07) is 6.57. The number of aromatic amines is 1. The molecule has 166 valence electrons. The molecular weight excluding hydrogens is 394 g/mol. The van der Waals surface area contributed by atoms with Gasteiger partial charge in [-0.25, -0.2) is 0 Å². The monoisotopic (exact) mass is 425 g/mol. The molecule has 0 aliphatic carbocycles. The molecule has 1 N–H and O–H groups in total. The number of rotatable bonds is 9. The number of aryl methyl sites for hydroxylation is 2. The second-order valence-corrected chi connectivity index (χ2v) is 8.20. The highest BCUT2D eigenvalue weighted by molar-refractivity contribution is 5.64. The van der Waals surface area contributed by atoms with Gasteiger partial charge in [-0.3, -0.25) is 10.00 Å². The van der Waals surface area contributed by atoms with Crippen LogP contribution in [-0.2, 0) is 29.0 Å². The van der Waals surface area contributed by atoms with E-state index in [1.165, 1.54) is 22.3 Å². The summed E-state index contributed by atoms with van der Waals surface area (Å²) in [4.78, 5) is 6.76. The zero-order valence-electron chi connectivity index (χ0n) is 18.6. The summed E-state index contributed by atoms with van der Waals surface area (Å²) >= 11 is 0. The predicted molar refractivity (Wildman–Crippen MR) is 116 cm³/mol. The topological polar surface area (TPSA) is 89.3 Å². The number of methoxy groups -OCH3 is 1. The predicted octanol–water partition coefficient (Wildman–Crippen LogP) is 3.45. The average molecular weight is 426 g/mol. The van der Waals surface area contributed by atoms with Gasteiger partial charge in [-0.2, -0.15) is 10.1 Å². The zero-order valence-corrected chi connectivity index (χ0v) is 18.6. The van der Waals surface area contributed by atoms with Gasteiger partial charge in [0.2, 0.25) is 0 Å². The van der Waals surface area contributed by atoms with E-state index in [9.17, 15) is 0 Å². The first kappa shape index (κ1) is 21.7. The number of piperidine rings is 1. The first-order chi connectivity index (χ1) is 15.1. The maximum atomic E-state index is 6.06. The molecule has 1 saturated heterocycles. The highest BCUT2D eigenvalue weighted by Gasteiger charge is 2.21. The van der Waals surface area contributed by atoms with Gasteiger partial charge in [-0.15, -0.1) is 0 Å². The van der Waals surface area contributed by atoms with Gasteiger partial charge in [0.15, 0.2) is 5.82 Å². The third-order valence-electron chi connectivity index (χ3n) is 5.90. The van der Waals surface area contributed by atoms with E-state index >= 15 is 0 Å². The molecule has 3 heterocycles. The van der Waals surface area contributed by atoms with Crippen molar-refractivity contribution in [2.45, 2.75) is 52.4 Å². The van der Waals surface area contributed by atoms with Crippen LogP contribution < -0.4 is 0 Å². The number of aromatic nitrogens is 4. The summed E-state index contributed by atoms with van der Waals surface area (Å²) in [5, 5.41) is 11.5. The highest BCUT2D eigenvalue weighted by Crippen LogP contribution is 2.25. The summed E-state index contributed by atoms with van der Waals surface area (Å²) in [5.74, 6) is 1.17. The van der Waals surface area contributed by atoms with Crippen molar-refractivity contribution in [2.75, 3.05) is 26.8 Å². The van der Waals surface area contributed by atoms with E-state index in [-0.39, 0.29) is 6.10 Å². The summed E-state index contributed by atoms with van der Waals surface area (Å²) < 4.78 is 16.2. The number of benzene rings is 1. The molecule has 0 bridgehead atoms. The molecule has 0 saturated carbocycles. The lowest BCUT2D eigenvalue weighted by Gasteiger charge is -2.31. The molecule has 0 unspecified atom stereocenters. The van der Waals surface area contributed by atoms with Crippen LogP contribution in [0, 0.1) is 13.8 Å². The standard InChI is InChI=1S/C23H31N5O3/c1-16-4-5-18(12-17(16)2)23-19(13-24-26-23)14-28-9-6-20(7-10-28)30-11-8-21-25-22(15-29-3)31-27-21/h4-5,12-13,20H,6-11,14-15H2,1-3H3,(H,24,26). The Morgan fingerprint density at radius 1 is 1.19 bits per heavy atom. The van der Waals surface area contributed by atoms with Crippen molar-refractivity contribution < 1.29 is 14.0 Å². The van der Waals surface area contributed by atoms with Crippen LogP contribution >= 0.6 is 0 Å². The van der Waals surface area contributed by atoms with Gasteiger partial charge in [0, 0.05) is 44.3 Å². The summed E-state index contributed by atoms with van der Waals surface area (Å²) in [5.41, 5.74) is 6.17. The van der Waals surface area contributed by atoms with Gasteiger partial charge >= 0.3 is 0 Å². The Balaban J connectivity index is 1.23.